The van der Waals surface area contributed by atoms with E-state index >= 15 is 0 Å². The lowest BCUT2D eigenvalue weighted by molar-refractivity contribution is 0.0591. The van der Waals surface area contributed by atoms with Gasteiger partial charge in [-0.05, 0) is 24.8 Å². The highest BCUT2D eigenvalue weighted by molar-refractivity contribution is 5.66. The van der Waals surface area contributed by atoms with Crippen LogP contribution in [0.1, 0.15) is 56.5 Å². The number of hydrogen-bond donors (Lipinski definition) is 1. The number of hydrogen-bond acceptors (Lipinski definition) is 4. The van der Waals surface area contributed by atoms with Gasteiger partial charge in [-0.2, -0.15) is 4.98 Å². The van der Waals surface area contributed by atoms with Crippen molar-refractivity contribution in [2.24, 2.45) is 0 Å². The first-order valence-electron chi connectivity index (χ1n) is 8.61. The summed E-state index contributed by atoms with van der Waals surface area (Å²) < 4.78 is 5.26. The maximum absolute atomic E-state index is 11.0. The van der Waals surface area contributed by atoms with Gasteiger partial charge in [-0.3, -0.25) is 4.90 Å². The highest BCUT2D eigenvalue weighted by atomic mass is 16.5. The van der Waals surface area contributed by atoms with Crippen LogP contribution < -0.4 is 0 Å². The summed E-state index contributed by atoms with van der Waals surface area (Å²) in [4.78, 5) is 16.7. The highest BCUT2D eigenvalue weighted by Gasteiger charge is 2.37. The minimum atomic E-state index is -0.946. The molecule has 1 fully saturated rings. The second-order valence-electron chi connectivity index (χ2n) is 6.24. The molecule has 0 spiro atoms. The molecule has 6 heteroatoms. The van der Waals surface area contributed by atoms with Gasteiger partial charge in [0.15, 0.2) is 0 Å². The first-order chi connectivity index (χ1) is 11.7. The van der Waals surface area contributed by atoms with Crippen molar-refractivity contribution in [1.29, 1.82) is 0 Å². The van der Waals surface area contributed by atoms with E-state index in [1.807, 2.05) is 12.1 Å². The number of nitrogens with zero attached hydrogens (tertiary/aromatic N) is 3. The topological polar surface area (TPSA) is 79.5 Å². The van der Waals surface area contributed by atoms with E-state index in [1.165, 1.54) is 36.1 Å². The van der Waals surface area contributed by atoms with Crippen LogP contribution in [0.25, 0.3) is 11.4 Å². The third-order valence-corrected chi connectivity index (χ3v) is 4.52. The lowest BCUT2D eigenvalue weighted by Crippen LogP contribution is -2.44. The van der Waals surface area contributed by atoms with Crippen LogP contribution in [0.15, 0.2) is 28.8 Å². The zero-order valence-corrected chi connectivity index (χ0v) is 13.9. The molecule has 128 valence electrons. The monoisotopic (exact) mass is 329 g/mol. The van der Waals surface area contributed by atoms with Gasteiger partial charge in [0.25, 0.3) is 0 Å². The second kappa shape index (κ2) is 7.47. The van der Waals surface area contributed by atoms with Crippen molar-refractivity contribution in [3.63, 3.8) is 0 Å². The van der Waals surface area contributed by atoms with Gasteiger partial charge in [-0.15, -0.1) is 0 Å². The maximum Gasteiger partial charge on any atom is 0.407 e. The first-order valence-corrected chi connectivity index (χ1v) is 8.61. The van der Waals surface area contributed by atoms with E-state index in [-0.39, 0.29) is 6.04 Å². The molecule has 0 bridgehead atoms. The molecule has 1 saturated heterocycles. The van der Waals surface area contributed by atoms with Crippen LogP contribution in [-0.4, -0.2) is 32.8 Å². The predicted octanol–water partition coefficient (Wildman–Crippen LogP) is 4.28. The average Bonchev–Trinajstić information content (AvgIpc) is 3.00. The third-order valence-electron chi connectivity index (χ3n) is 4.52. The fourth-order valence-corrected chi connectivity index (χ4v) is 2.94. The van der Waals surface area contributed by atoms with Crippen molar-refractivity contribution in [2.45, 2.75) is 51.5 Å². The summed E-state index contributed by atoms with van der Waals surface area (Å²) in [5.74, 6) is 0.891. The first kappa shape index (κ1) is 16.5. The molecule has 6 nitrogen and oxygen atoms in total. The van der Waals surface area contributed by atoms with Gasteiger partial charge in [0.1, 0.15) is 6.04 Å². The number of carboxylic acid groups (broad SMARTS) is 1. The smallest absolute Gasteiger partial charge is 0.407 e. The van der Waals surface area contributed by atoms with Crippen molar-refractivity contribution in [2.75, 3.05) is 6.54 Å². The summed E-state index contributed by atoms with van der Waals surface area (Å²) in [5, 5.41) is 13.1. The van der Waals surface area contributed by atoms with E-state index in [0.29, 0.717) is 18.3 Å². The Morgan fingerprint density at radius 3 is 2.71 bits per heavy atom. The van der Waals surface area contributed by atoms with Gasteiger partial charge in [-0.1, -0.05) is 55.6 Å². The molecule has 1 atom stereocenters. The van der Waals surface area contributed by atoms with Gasteiger partial charge < -0.3 is 9.63 Å². The Balaban J connectivity index is 1.62. The fourth-order valence-electron chi connectivity index (χ4n) is 2.94. The van der Waals surface area contributed by atoms with E-state index in [1.54, 1.807) is 0 Å². The zero-order valence-electron chi connectivity index (χ0n) is 13.9. The molecule has 1 amide bonds. The molecule has 0 saturated carbocycles. The van der Waals surface area contributed by atoms with Crippen LogP contribution in [0.5, 0.6) is 0 Å². The number of amides is 1. The van der Waals surface area contributed by atoms with Crippen LogP contribution in [0, 0.1) is 0 Å². The molecular weight excluding hydrogens is 306 g/mol. The van der Waals surface area contributed by atoms with Crippen LogP contribution in [0.3, 0.4) is 0 Å². The van der Waals surface area contributed by atoms with Crippen molar-refractivity contribution >= 4 is 6.09 Å². The van der Waals surface area contributed by atoms with E-state index in [4.69, 9.17) is 9.63 Å². The molecule has 2 heterocycles. The summed E-state index contributed by atoms with van der Waals surface area (Å²) in [6.07, 6.45) is 5.90. The Hall–Kier alpha value is -2.37. The summed E-state index contributed by atoms with van der Waals surface area (Å²) in [5.41, 5.74) is 2.21. The molecule has 1 N–H and O–H groups in total. The number of aryl methyl sites for hydroxylation is 1. The number of rotatable bonds is 7. The number of benzene rings is 1. The van der Waals surface area contributed by atoms with E-state index in [2.05, 4.69) is 29.2 Å². The molecule has 0 radical (unpaired) electrons. The molecule has 1 aliphatic heterocycles. The molecule has 1 aliphatic rings. The van der Waals surface area contributed by atoms with Crippen molar-refractivity contribution in [3.05, 3.63) is 35.7 Å². The molecule has 3 rings (SSSR count). The largest absolute Gasteiger partial charge is 0.465 e. The standard InChI is InChI=1S/C18H23N3O3/c1-2-3-4-5-6-13-7-9-14(10-8-13)16-19-17(24-20-16)15-11-12-21(15)18(22)23/h7-10,15H,2-6,11-12H2,1H3,(H,22,23). The number of carbonyl (C=O) groups is 1. The molecule has 2 aromatic rings. The van der Waals surface area contributed by atoms with E-state index < -0.39 is 6.09 Å². The summed E-state index contributed by atoms with van der Waals surface area (Å²) in [6, 6.07) is 7.90. The summed E-state index contributed by atoms with van der Waals surface area (Å²) in [6.45, 7) is 2.73. The average molecular weight is 329 g/mol. The molecule has 1 aromatic carbocycles. The second-order valence-corrected chi connectivity index (χ2v) is 6.24. The number of unbranched alkanes of at least 4 members (excludes halogenated alkanes) is 3. The third kappa shape index (κ3) is 3.58. The molecular formula is C18H23N3O3. The Morgan fingerprint density at radius 1 is 1.29 bits per heavy atom. The zero-order chi connectivity index (χ0) is 16.9. The molecule has 0 aliphatic carbocycles. The van der Waals surface area contributed by atoms with E-state index in [0.717, 1.165) is 18.4 Å². The highest BCUT2D eigenvalue weighted by Crippen LogP contribution is 2.33. The fraction of sp³-hybridized carbons (Fsp3) is 0.500. The molecule has 1 unspecified atom stereocenters. The van der Waals surface area contributed by atoms with Crippen molar-refractivity contribution in [3.8, 4) is 11.4 Å². The van der Waals surface area contributed by atoms with Gasteiger partial charge >= 0.3 is 6.09 Å². The van der Waals surface area contributed by atoms with Gasteiger partial charge in [0.05, 0.1) is 0 Å². The van der Waals surface area contributed by atoms with Gasteiger partial charge in [0, 0.05) is 12.1 Å². The van der Waals surface area contributed by atoms with Gasteiger partial charge in [0.2, 0.25) is 11.7 Å². The van der Waals surface area contributed by atoms with Crippen LogP contribution in [-0.2, 0) is 6.42 Å². The van der Waals surface area contributed by atoms with Gasteiger partial charge in [-0.25, -0.2) is 4.79 Å². The van der Waals surface area contributed by atoms with Crippen LogP contribution in [0.2, 0.25) is 0 Å². The van der Waals surface area contributed by atoms with Crippen molar-refractivity contribution < 1.29 is 14.4 Å². The minimum absolute atomic E-state index is 0.304. The van der Waals surface area contributed by atoms with Crippen LogP contribution >= 0.6 is 0 Å². The Morgan fingerprint density at radius 2 is 2.08 bits per heavy atom. The Labute approximate surface area is 141 Å². The summed E-state index contributed by atoms with van der Waals surface area (Å²) >= 11 is 0. The lowest BCUT2D eigenvalue weighted by Gasteiger charge is -2.35. The number of likely N-dealkylation sites (tertiary alicyclic amines) is 1. The Bertz CT molecular complexity index is 681. The quantitative estimate of drug-likeness (QED) is 0.767. The summed E-state index contributed by atoms with van der Waals surface area (Å²) in [7, 11) is 0. The normalized spacial score (nSPS) is 16.9. The number of aromatic nitrogens is 2. The predicted molar refractivity (Wildman–Crippen MR) is 89.7 cm³/mol. The minimum Gasteiger partial charge on any atom is -0.465 e. The SMILES string of the molecule is CCCCCCc1ccc(-c2noc(C3CCN3C(=O)O)n2)cc1. The lowest BCUT2D eigenvalue weighted by atomic mass is 10.0. The van der Waals surface area contributed by atoms with Crippen molar-refractivity contribution in [1.82, 2.24) is 15.0 Å². The molecule has 24 heavy (non-hydrogen) atoms. The maximum atomic E-state index is 11.0. The van der Waals surface area contributed by atoms with E-state index in [9.17, 15) is 4.79 Å². The molecule has 1 aromatic heterocycles. The Kier molecular flexibility index (Phi) is 5.13. The van der Waals surface area contributed by atoms with Crippen LogP contribution in [0.4, 0.5) is 4.79 Å².